The molecule has 4 heteroatoms. The predicted molar refractivity (Wildman–Crippen MR) is 114 cm³/mol. The zero-order chi connectivity index (χ0) is 20.2. The van der Waals surface area contributed by atoms with Crippen molar-refractivity contribution in [1.29, 1.82) is 0 Å². The van der Waals surface area contributed by atoms with E-state index >= 15 is 0 Å². The van der Waals surface area contributed by atoms with Crippen LogP contribution in [0.4, 0.5) is 0 Å². The molecule has 0 radical (unpaired) electrons. The fraction of sp³-hybridized carbons (Fsp3) is 0.500. The van der Waals surface area contributed by atoms with Gasteiger partial charge in [0.05, 0.1) is 6.61 Å². The summed E-state index contributed by atoms with van der Waals surface area (Å²) in [5, 5.41) is 1.91. The van der Waals surface area contributed by atoms with Crippen LogP contribution in [0.1, 0.15) is 68.6 Å². The number of hydrogen-bond acceptors (Lipinski definition) is 3. The molecule has 4 nitrogen and oxygen atoms in total. The molecule has 0 aliphatic heterocycles. The molecular formula is C24H33NO3. The summed E-state index contributed by atoms with van der Waals surface area (Å²) in [7, 11) is 1.64. The van der Waals surface area contributed by atoms with Gasteiger partial charge in [0, 0.05) is 12.6 Å². The van der Waals surface area contributed by atoms with Crippen LogP contribution in [-0.4, -0.2) is 37.0 Å². The van der Waals surface area contributed by atoms with Gasteiger partial charge in [0.15, 0.2) is 0 Å². The maximum Gasteiger partial charge on any atom is 0.325 e. The number of unbranched alkanes of at least 4 members (excludes halogenated alkanes) is 7. The van der Waals surface area contributed by atoms with Gasteiger partial charge in [0.1, 0.15) is 6.54 Å². The number of ether oxygens (including phenoxy) is 1. The molecule has 0 fully saturated rings. The Bertz CT molecular complexity index is 751. The average Bonchev–Trinajstić information content (AvgIpc) is 2.71. The van der Waals surface area contributed by atoms with Crippen molar-refractivity contribution in [3.63, 3.8) is 0 Å². The molecule has 2 aromatic carbocycles. The molecule has 0 aliphatic carbocycles. The van der Waals surface area contributed by atoms with Gasteiger partial charge in [0.2, 0.25) is 0 Å². The van der Waals surface area contributed by atoms with Crippen molar-refractivity contribution in [3.05, 3.63) is 48.0 Å². The number of hydrogen-bond donors (Lipinski definition) is 0. The number of likely N-dealkylation sites (N-methyl/N-ethyl adjacent to an activating group) is 1. The Hall–Kier alpha value is -2.36. The Labute approximate surface area is 168 Å². The highest BCUT2D eigenvalue weighted by Crippen LogP contribution is 2.19. The number of rotatable bonds is 12. The van der Waals surface area contributed by atoms with Crippen molar-refractivity contribution in [2.45, 2.75) is 58.3 Å². The van der Waals surface area contributed by atoms with Gasteiger partial charge in [-0.3, -0.25) is 9.59 Å². The Balaban J connectivity index is 1.70. The number of carbonyl (C=O) groups excluding carboxylic acids is 2. The van der Waals surface area contributed by atoms with Gasteiger partial charge >= 0.3 is 5.97 Å². The van der Waals surface area contributed by atoms with Crippen LogP contribution in [-0.2, 0) is 9.53 Å². The molecule has 0 atom stereocenters. The Kier molecular flexibility index (Phi) is 9.53. The molecule has 0 saturated carbocycles. The Morgan fingerprint density at radius 1 is 0.857 bits per heavy atom. The van der Waals surface area contributed by atoms with Crippen molar-refractivity contribution in [2.75, 3.05) is 20.2 Å². The highest BCUT2D eigenvalue weighted by atomic mass is 16.5. The molecular weight excluding hydrogens is 350 g/mol. The van der Waals surface area contributed by atoms with Crippen molar-refractivity contribution < 1.29 is 14.3 Å². The largest absolute Gasteiger partial charge is 0.464 e. The van der Waals surface area contributed by atoms with Crippen molar-refractivity contribution in [2.24, 2.45) is 0 Å². The Morgan fingerprint density at radius 3 is 2.25 bits per heavy atom. The average molecular weight is 384 g/mol. The molecule has 0 unspecified atom stereocenters. The van der Waals surface area contributed by atoms with Gasteiger partial charge in [0.25, 0.3) is 5.91 Å². The second kappa shape index (κ2) is 12.2. The molecule has 0 N–H and O–H groups in total. The van der Waals surface area contributed by atoms with Gasteiger partial charge in [-0.25, -0.2) is 0 Å². The van der Waals surface area contributed by atoms with Crippen LogP contribution in [0.3, 0.4) is 0 Å². The number of nitrogens with zero attached hydrogens (tertiary/aromatic N) is 1. The van der Waals surface area contributed by atoms with E-state index in [1.807, 2.05) is 36.4 Å². The van der Waals surface area contributed by atoms with Crippen LogP contribution in [0.2, 0.25) is 0 Å². The summed E-state index contributed by atoms with van der Waals surface area (Å²) in [5.74, 6) is -0.514. The summed E-state index contributed by atoms with van der Waals surface area (Å²) < 4.78 is 5.30. The van der Waals surface area contributed by atoms with Crippen LogP contribution in [0, 0.1) is 0 Å². The van der Waals surface area contributed by atoms with Crippen LogP contribution in [0.25, 0.3) is 10.8 Å². The third-order valence-corrected chi connectivity index (χ3v) is 4.99. The van der Waals surface area contributed by atoms with Crippen molar-refractivity contribution in [3.8, 4) is 0 Å². The summed E-state index contributed by atoms with van der Waals surface area (Å²) in [5.41, 5.74) is 0.608. The standard InChI is InChI=1S/C24H33NO3/c1-3-4-5-6-7-8-9-12-18-28-23(26)19-25(2)24(27)22-17-13-15-20-14-10-11-16-21(20)22/h10-11,13-17H,3-9,12,18-19H2,1-2H3. The summed E-state index contributed by atoms with van der Waals surface area (Å²) >= 11 is 0. The fourth-order valence-electron chi connectivity index (χ4n) is 3.35. The van der Waals surface area contributed by atoms with Gasteiger partial charge in [-0.2, -0.15) is 0 Å². The number of benzene rings is 2. The minimum Gasteiger partial charge on any atom is -0.464 e. The van der Waals surface area contributed by atoms with Gasteiger partial charge in [-0.15, -0.1) is 0 Å². The van der Waals surface area contributed by atoms with E-state index in [4.69, 9.17) is 4.74 Å². The zero-order valence-corrected chi connectivity index (χ0v) is 17.3. The maximum atomic E-state index is 12.7. The van der Waals surface area contributed by atoms with Crippen LogP contribution < -0.4 is 0 Å². The molecule has 2 aromatic rings. The van der Waals surface area contributed by atoms with Gasteiger partial charge in [-0.1, -0.05) is 88.3 Å². The topological polar surface area (TPSA) is 46.6 Å². The Morgan fingerprint density at radius 2 is 1.50 bits per heavy atom. The molecule has 2 rings (SSSR count). The first-order valence-electron chi connectivity index (χ1n) is 10.5. The molecule has 0 aliphatic rings. The third kappa shape index (κ3) is 6.99. The molecule has 0 heterocycles. The molecule has 0 bridgehead atoms. The maximum absolute atomic E-state index is 12.7. The summed E-state index contributed by atoms with van der Waals surface area (Å²) in [4.78, 5) is 26.2. The number of fused-ring (bicyclic) bond motifs is 1. The lowest BCUT2D eigenvalue weighted by molar-refractivity contribution is -0.144. The normalized spacial score (nSPS) is 10.8. The van der Waals surface area contributed by atoms with E-state index in [1.54, 1.807) is 13.1 Å². The zero-order valence-electron chi connectivity index (χ0n) is 17.3. The molecule has 1 amide bonds. The molecule has 0 aromatic heterocycles. The summed E-state index contributed by atoms with van der Waals surface area (Å²) in [6.45, 7) is 2.63. The molecule has 28 heavy (non-hydrogen) atoms. The van der Waals surface area contributed by atoms with E-state index in [-0.39, 0.29) is 18.4 Å². The lowest BCUT2D eigenvalue weighted by Gasteiger charge is -2.17. The quantitative estimate of drug-likeness (QED) is 0.354. The van der Waals surface area contributed by atoms with Crippen LogP contribution in [0.15, 0.2) is 42.5 Å². The lowest BCUT2D eigenvalue weighted by atomic mass is 10.0. The number of esters is 1. The predicted octanol–water partition coefficient (Wildman–Crippen LogP) is 5.60. The van der Waals surface area contributed by atoms with Crippen LogP contribution >= 0.6 is 0 Å². The minimum atomic E-state index is -0.348. The summed E-state index contributed by atoms with van der Waals surface area (Å²) in [6.07, 6.45) is 9.65. The summed E-state index contributed by atoms with van der Waals surface area (Å²) in [6, 6.07) is 13.4. The minimum absolute atomic E-state index is 0.0287. The van der Waals surface area contributed by atoms with Crippen molar-refractivity contribution >= 4 is 22.6 Å². The molecule has 0 saturated heterocycles. The second-order valence-electron chi connectivity index (χ2n) is 7.38. The van der Waals surface area contributed by atoms with Crippen molar-refractivity contribution in [1.82, 2.24) is 4.90 Å². The molecule has 0 spiro atoms. The van der Waals surface area contributed by atoms with E-state index in [2.05, 4.69) is 6.92 Å². The van der Waals surface area contributed by atoms with E-state index in [0.717, 1.165) is 23.6 Å². The van der Waals surface area contributed by atoms with E-state index in [1.165, 1.54) is 43.4 Å². The highest BCUT2D eigenvalue weighted by Gasteiger charge is 2.17. The van der Waals surface area contributed by atoms with Gasteiger partial charge < -0.3 is 9.64 Å². The molecule has 152 valence electrons. The van der Waals surface area contributed by atoms with E-state index in [0.29, 0.717) is 12.2 Å². The van der Waals surface area contributed by atoms with Gasteiger partial charge in [-0.05, 0) is 23.3 Å². The fourth-order valence-corrected chi connectivity index (χ4v) is 3.35. The first-order chi connectivity index (χ1) is 13.6. The smallest absolute Gasteiger partial charge is 0.325 e. The SMILES string of the molecule is CCCCCCCCCCOC(=O)CN(C)C(=O)c1cccc2ccccc12. The first-order valence-corrected chi connectivity index (χ1v) is 10.5. The van der Waals surface area contributed by atoms with E-state index in [9.17, 15) is 9.59 Å². The van der Waals surface area contributed by atoms with Crippen LogP contribution in [0.5, 0.6) is 0 Å². The third-order valence-electron chi connectivity index (χ3n) is 4.99. The number of amides is 1. The highest BCUT2D eigenvalue weighted by molar-refractivity contribution is 6.07. The second-order valence-corrected chi connectivity index (χ2v) is 7.38. The monoisotopic (exact) mass is 383 g/mol. The van der Waals surface area contributed by atoms with E-state index < -0.39 is 0 Å². The number of carbonyl (C=O) groups is 2. The first kappa shape index (κ1) is 21.9. The lowest BCUT2D eigenvalue weighted by Crippen LogP contribution is -2.33.